The summed E-state index contributed by atoms with van der Waals surface area (Å²) in [4.78, 5) is 0. The number of nitrogens with zero attached hydrogens (tertiary/aromatic N) is 4. The molecule has 0 bridgehead atoms. The van der Waals surface area contributed by atoms with Gasteiger partial charge < -0.3 is 5.32 Å². The van der Waals surface area contributed by atoms with Crippen molar-refractivity contribution in [1.82, 2.24) is 25.5 Å². The molecule has 0 saturated carbocycles. The molecule has 2 rings (SSSR count). The van der Waals surface area contributed by atoms with Crippen LogP contribution in [0.5, 0.6) is 0 Å². The van der Waals surface area contributed by atoms with Crippen LogP contribution in [0, 0.1) is 6.92 Å². The average Bonchev–Trinajstić information content (AvgIpc) is 2.80. The molecule has 5 nitrogen and oxygen atoms in total. The number of halogens is 1. The molecule has 0 aliphatic carbocycles. The quantitative estimate of drug-likeness (QED) is 0.905. The highest BCUT2D eigenvalue weighted by Crippen LogP contribution is 2.23. The predicted octanol–water partition coefficient (Wildman–Crippen LogP) is 1.90. The molecular formula is C11H14ClN5. The minimum atomic E-state index is 0.0726. The molecule has 2 aromatic rings. The second-order valence-electron chi connectivity index (χ2n) is 3.84. The normalized spacial score (nSPS) is 12.7. The van der Waals surface area contributed by atoms with Crippen LogP contribution in [0.2, 0.25) is 5.02 Å². The molecule has 1 atom stereocenters. The average molecular weight is 252 g/mol. The van der Waals surface area contributed by atoms with Gasteiger partial charge in [-0.25, -0.2) is 0 Å². The summed E-state index contributed by atoms with van der Waals surface area (Å²) in [6.45, 7) is 3.95. The molecule has 6 heteroatoms. The highest BCUT2D eigenvalue weighted by molar-refractivity contribution is 6.31. The first-order valence-electron chi connectivity index (χ1n) is 5.36. The zero-order valence-corrected chi connectivity index (χ0v) is 10.7. The van der Waals surface area contributed by atoms with Crippen LogP contribution in [0.25, 0.3) is 5.69 Å². The summed E-state index contributed by atoms with van der Waals surface area (Å²) in [5.41, 5.74) is 1.87. The minimum absolute atomic E-state index is 0.0726. The van der Waals surface area contributed by atoms with Gasteiger partial charge in [-0.3, -0.25) is 0 Å². The minimum Gasteiger partial charge on any atom is -0.311 e. The van der Waals surface area contributed by atoms with Crippen molar-refractivity contribution in [1.29, 1.82) is 0 Å². The summed E-state index contributed by atoms with van der Waals surface area (Å²) >= 11 is 6.10. The number of nitrogens with one attached hydrogen (secondary N) is 1. The fourth-order valence-electron chi connectivity index (χ4n) is 1.59. The molecule has 0 amide bonds. The number of hydrogen-bond donors (Lipinski definition) is 1. The van der Waals surface area contributed by atoms with Gasteiger partial charge in [-0.15, -0.1) is 5.10 Å². The predicted molar refractivity (Wildman–Crippen MR) is 66.4 cm³/mol. The Hall–Kier alpha value is -1.46. The lowest BCUT2D eigenvalue weighted by Crippen LogP contribution is -2.18. The number of hydrogen-bond acceptors (Lipinski definition) is 4. The third-order valence-corrected chi connectivity index (χ3v) is 3.19. The Balaban J connectivity index is 2.54. The lowest BCUT2D eigenvalue weighted by Gasteiger charge is -2.12. The van der Waals surface area contributed by atoms with Crippen LogP contribution in [-0.4, -0.2) is 27.3 Å². The first-order chi connectivity index (χ1) is 8.15. The molecule has 0 saturated heterocycles. The lowest BCUT2D eigenvalue weighted by atomic mass is 10.2. The molecule has 0 fully saturated rings. The van der Waals surface area contributed by atoms with Gasteiger partial charge in [-0.05, 0) is 49.0 Å². The van der Waals surface area contributed by atoms with E-state index in [0.29, 0.717) is 5.02 Å². The zero-order chi connectivity index (χ0) is 12.4. The molecule has 1 unspecified atom stereocenters. The molecular weight excluding hydrogens is 238 g/mol. The van der Waals surface area contributed by atoms with E-state index in [-0.39, 0.29) is 6.04 Å². The van der Waals surface area contributed by atoms with Crippen LogP contribution in [0.4, 0.5) is 0 Å². The standard InChI is InChI=1S/C11H14ClN5/c1-7-9(12)5-4-6-10(7)17-11(8(2)13-3)14-15-16-17/h4-6,8,13H,1-3H3. The summed E-state index contributed by atoms with van der Waals surface area (Å²) < 4.78 is 1.71. The van der Waals surface area contributed by atoms with Gasteiger partial charge in [0.1, 0.15) is 0 Å². The number of benzene rings is 1. The zero-order valence-electron chi connectivity index (χ0n) is 9.98. The summed E-state index contributed by atoms with van der Waals surface area (Å²) in [7, 11) is 1.87. The van der Waals surface area contributed by atoms with Crippen molar-refractivity contribution in [2.75, 3.05) is 7.05 Å². The summed E-state index contributed by atoms with van der Waals surface area (Å²) in [6, 6.07) is 5.76. The van der Waals surface area contributed by atoms with Gasteiger partial charge >= 0.3 is 0 Å². The van der Waals surface area contributed by atoms with Crippen molar-refractivity contribution in [3.05, 3.63) is 34.6 Å². The van der Waals surface area contributed by atoms with Crippen LogP contribution in [0.15, 0.2) is 18.2 Å². The monoisotopic (exact) mass is 251 g/mol. The molecule has 1 N–H and O–H groups in total. The molecule has 1 aromatic carbocycles. The van der Waals surface area contributed by atoms with E-state index in [4.69, 9.17) is 11.6 Å². The molecule has 17 heavy (non-hydrogen) atoms. The van der Waals surface area contributed by atoms with Gasteiger partial charge in [0, 0.05) is 5.02 Å². The van der Waals surface area contributed by atoms with E-state index in [2.05, 4.69) is 20.8 Å². The highest BCUT2D eigenvalue weighted by Gasteiger charge is 2.15. The summed E-state index contributed by atoms with van der Waals surface area (Å²) in [5, 5.41) is 15.6. The molecule has 1 heterocycles. The number of tetrazole rings is 1. The topological polar surface area (TPSA) is 55.6 Å². The van der Waals surface area contributed by atoms with Crippen molar-refractivity contribution < 1.29 is 0 Å². The Labute approximate surface area is 105 Å². The van der Waals surface area contributed by atoms with Crippen LogP contribution < -0.4 is 5.32 Å². The Morgan fingerprint density at radius 3 is 2.88 bits per heavy atom. The van der Waals surface area contributed by atoms with Gasteiger partial charge in [0.25, 0.3) is 0 Å². The van der Waals surface area contributed by atoms with Crippen molar-refractivity contribution in [2.45, 2.75) is 19.9 Å². The first-order valence-corrected chi connectivity index (χ1v) is 5.74. The van der Waals surface area contributed by atoms with E-state index in [9.17, 15) is 0 Å². The van der Waals surface area contributed by atoms with Crippen LogP contribution in [0.1, 0.15) is 24.4 Å². The fraction of sp³-hybridized carbons (Fsp3) is 0.364. The van der Waals surface area contributed by atoms with Gasteiger partial charge in [0.15, 0.2) is 5.82 Å². The van der Waals surface area contributed by atoms with Gasteiger partial charge in [0.05, 0.1) is 11.7 Å². The van der Waals surface area contributed by atoms with Gasteiger partial charge in [0.2, 0.25) is 0 Å². The Morgan fingerprint density at radius 2 is 2.18 bits per heavy atom. The molecule has 1 aromatic heterocycles. The van der Waals surface area contributed by atoms with E-state index < -0.39 is 0 Å². The second-order valence-corrected chi connectivity index (χ2v) is 4.25. The third kappa shape index (κ3) is 2.16. The maximum Gasteiger partial charge on any atom is 0.173 e. The summed E-state index contributed by atoms with van der Waals surface area (Å²) in [5.74, 6) is 0.762. The number of aromatic nitrogens is 4. The smallest absolute Gasteiger partial charge is 0.173 e. The van der Waals surface area contributed by atoms with Crippen molar-refractivity contribution >= 4 is 11.6 Å². The molecule has 0 radical (unpaired) electrons. The Bertz CT molecular complexity index is 522. The fourth-order valence-corrected chi connectivity index (χ4v) is 1.76. The molecule has 0 aliphatic rings. The second kappa shape index (κ2) is 4.81. The number of rotatable bonds is 3. The van der Waals surface area contributed by atoms with Crippen molar-refractivity contribution in [3.8, 4) is 5.69 Å². The van der Waals surface area contributed by atoms with Gasteiger partial charge in [-0.1, -0.05) is 17.7 Å². The van der Waals surface area contributed by atoms with Crippen LogP contribution in [-0.2, 0) is 0 Å². The SMILES string of the molecule is CNC(C)c1nnnn1-c1cccc(Cl)c1C. The van der Waals surface area contributed by atoms with Crippen LogP contribution in [0.3, 0.4) is 0 Å². The van der Waals surface area contributed by atoms with E-state index in [0.717, 1.165) is 17.1 Å². The lowest BCUT2D eigenvalue weighted by molar-refractivity contribution is 0.588. The third-order valence-electron chi connectivity index (χ3n) is 2.78. The van der Waals surface area contributed by atoms with Crippen LogP contribution >= 0.6 is 11.6 Å². The Kier molecular flexibility index (Phi) is 3.40. The molecule has 90 valence electrons. The maximum atomic E-state index is 6.10. The van der Waals surface area contributed by atoms with E-state index in [1.54, 1.807) is 4.68 Å². The first kappa shape index (κ1) is 12.0. The van der Waals surface area contributed by atoms with E-state index in [1.165, 1.54) is 0 Å². The van der Waals surface area contributed by atoms with Crippen molar-refractivity contribution in [2.24, 2.45) is 0 Å². The Morgan fingerprint density at radius 1 is 1.41 bits per heavy atom. The highest BCUT2D eigenvalue weighted by atomic mass is 35.5. The molecule has 0 spiro atoms. The van der Waals surface area contributed by atoms with Crippen molar-refractivity contribution in [3.63, 3.8) is 0 Å². The maximum absolute atomic E-state index is 6.10. The van der Waals surface area contributed by atoms with E-state index in [1.807, 2.05) is 39.1 Å². The largest absolute Gasteiger partial charge is 0.311 e. The van der Waals surface area contributed by atoms with E-state index >= 15 is 0 Å². The summed E-state index contributed by atoms with van der Waals surface area (Å²) in [6.07, 6.45) is 0. The molecule has 0 aliphatic heterocycles. The van der Waals surface area contributed by atoms with Gasteiger partial charge in [-0.2, -0.15) is 4.68 Å².